The molecule has 0 aliphatic carbocycles. The van der Waals surface area contributed by atoms with Crippen LogP contribution in [0.25, 0.3) is 0 Å². The van der Waals surface area contributed by atoms with Gasteiger partial charge in [-0.05, 0) is 18.2 Å². The summed E-state index contributed by atoms with van der Waals surface area (Å²) in [7, 11) is 1.60. The number of hydrogen-bond acceptors (Lipinski definition) is 4. The van der Waals surface area contributed by atoms with Gasteiger partial charge >= 0.3 is 0 Å². The summed E-state index contributed by atoms with van der Waals surface area (Å²) >= 11 is 5.93. The molecule has 1 aliphatic rings. The summed E-state index contributed by atoms with van der Waals surface area (Å²) in [6.07, 6.45) is 0.734. The topological polar surface area (TPSA) is 67.8 Å². The number of carbonyl (C=O) groups excluding carboxylic acids is 1. The smallest absolute Gasteiger partial charge is 0.253 e. The number of aromatic hydroxyl groups is 1. The van der Waals surface area contributed by atoms with E-state index in [0.717, 1.165) is 6.42 Å². The number of rotatable bonds is 4. The molecule has 0 spiro atoms. The molecule has 0 aromatic heterocycles. The van der Waals surface area contributed by atoms with Crippen molar-refractivity contribution in [1.29, 1.82) is 0 Å². The Morgan fingerprint density at radius 2 is 2.42 bits per heavy atom. The molecule has 1 fully saturated rings. The van der Waals surface area contributed by atoms with Crippen molar-refractivity contribution in [2.45, 2.75) is 12.0 Å². The molecule has 6 heteroatoms. The Bertz CT molecular complexity index is 472. The SMILES string of the molecule is COC1(CNC(=O)c2cc(O)ccc2Cl)CCOC1. The number of carbonyl (C=O) groups is 1. The van der Waals surface area contributed by atoms with Gasteiger partial charge in [0.05, 0.1) is 17.2 Å². The van der Waals surface area contributed by atoms with Gasteiger partial charge in [-0.15, -0.1) is 0 Å². The van der Waals surface area contributed by atoms with Gasteiger partial charge in [0, 0.05) is 26.7 Å². The number of phenols is 1. The minimum Gasteiger partial charge on any atom is -0.508 e. The zero-order valence-electron chi connectivity index (χ0n) is 10.6. The summed E-state index contributed by atoms with van der Waals surface area (Å²) in [6, 6.07) is 4.25. The van der Waals surface area contributed by atoms with Gasteiger partial charge in [0.25, 0.3) is 5.91 Å². The van der Waals surface area contributed by atoms with E-state index in [4.69, 9.17) is 21.1 Å². The number of amides is 1. The van der Waals surface area contributed by atoms with Crippen molar-refractivity contribution in [3.8, 4) is 5.75 Å². The molecule has 1 amide bonds. The van der Waals surface area contributed by atoms with E-state index < -0.39 is 5.60 Å². The third kappa shape index (κ3) is 3.18. The Morgan fingerprint density at radius 3 is 3.05 bits per heavy atom. The van der Waals surface area contributed by atoms with E-state index in [1.54, 1.807) is 7.11 Å². The molecule has 0 bridgehead atoms. The quantitative estimate of drug-likeness (QED) is 0.881. The lowest BCUT2D eigenvalue weighted by atomic mass is 10.0. The van der Waals surface area contributed by atoms with Crippen molar-refractivity contribution >= 4 is 17.5 Å². The fourth-order valence-corrected chi connectivity index (χ4v) is 2.19. The second-order valence-electron chi connectivity index (χ2n) is 4.54. The van der Waals surface area contributed by atoms with Crippen molar-refractivity contribution < 1.29 is 19.4 Å². The highest BCUT2D eigenvalue weighted by atomic mass is 35.5. The molecular formula is C13H16ClNO4. The summed E-state index contributed by atoms with van der Waals surface area (Å²) in [6.45, 7) is 1.42. The highest BCUT2D eigenvalue weighted by Crippen LogP contribution is 2.23. The fourth-order valence-electron chi connectivity index (χ4n) is 1.98. The Kier molecular flexibility index (Phi) is 4.29. The summed E-state index contributed by atoms with van der Waals surface area (Å²) in [5, 5.41) is 12.4. The van der Waals surface area contributed by atoms with Crippen LogP contribution in [0.4, 0.5) is 0 Å². The van der Waals surface area contributed by atoms with Crippen LogP contribution in [0.1, 0.15) is 16.8 Å². The number of nitrogens with one attached hydrogen (secondary N) is 1. The number of halogens is 1. The van der Waals surface area contributed by atoms with E-state index in [1.165, 1.54) is 18.2 Å². The van der Waals surface area contributed by atoms with Gasteiger partial charge in [-0.3, -0.25) is 4.79 Å². The Balaban J connectivity index is 2.03. The molecule has 2 rings (SSSR count). The average molecular weight is 286 g/mol. The van der Waals surface area contributed by atoms with Crippen LogP contribution in [-0.4, -0.2) is 43.5 Å². The molecule has 1 saturated heterocycles. The van der Waals surface area contributed by atoms with E-state index in [1.807, 2.05) is 0 Å². The van der Waals surface area contributed by atoms with Crippen LogP contribution in [0.15, 0.2) is 18.2 Å². The van der Waals surface area contributed by atoms with Crippen LogP contribution >= 0.6 is 11.6 Å². The van der Waals surface area contributed by atoms with Crippen LogP contribution in [-0.2, 0) is 9.47 Å². The van der Waals surface area contributed by atoms with Crippen molar-refractivity contribution in [2.24, 2.45) is 0 Å². The maximum absolute atomic E-state index is 12.0. The van der Waals surface area contributed by atoms with Crippen LogP contribution in [0, 0.1) is 0 Å². The van der Waals surface area contributed by atoms with E-state index in [2.05, 4.69) is 5.32 Å². The molecule has 1 unspecified atom stereocenters. The normalized spacial score (nSPS) is 22.4. The van der Waals surface area contributed by atoms with Gasteiger partial charge in [-0.1, -0.05) is 11.6 Å². The first-order valence-corrected chi connectivity index (χ1v) is 6.34. The van der Waals surface area contributed by atoms with Gasteiger partial charge < -0.3 is 19.9 Å². The summed E-state index contributed by atoms with van der Waals surface area (Å²) in [4.78, 5) is 12.0. The van der Waals surface area contributed by atoms with Crippen LogP contribution < -0.4 is 5.32 Å². The molecule has 1 atom stereocenters. The predicted octanol–water partition coefficient (Wildman–Crippen LogP) is 1.58. The molecule has 19 heavy (non-hydrogen) atoms. The number of ether oxygens (including phenoxy) is 2. The largest absolute Gasteiger partial charge is 0.508 e. The fraction of sp³-hybridized carbons (Fsp3) is 0.462. The average Bonchev–Trinajstić information content (AvgIpc) is 2.88. The first kappa shape index (κ1) is 14.1. The monoisotopic (exact) mass is 285 g/mol. The van der Waals surface area contributed by atoms with E-state index in [9.17, 15) is 9.90 Å². The number of benzene rings is 1. The molecule has 1 aromatic rings. The summed E-state index contributed by atoms with van der Waals surface area (Å²) in [5.41, 5.74) is -0.231. The number of phenolic OH excluding ortho intramolecular Hbond substituents is 1. The van der Waals surface area contributed by atoms with Crippen molar-refractivity contribution in [3.63, 3.8) is 0 Å². The van der Waals surface area contributed by atoms with Crippen LogP contribution in [0.5, 0.6) is 5.75 Å². The first-order chi connectivity index (χ1) is 9.06. The van der Waals surface area contributed by atoms with Crippen LogP contribution in [0.3, 0.4) is 0 Å². The molecule has 104 valence electrons. The highest BCUT2D eigenvalue weighted by Gasteiger charge is 2.35. The minimum absolute atomic E-state index is 0.000189. The van der Waals surface area contributed by atoms with Gasteiger partial charge in [0.1, 0.15) is 11.4 Å². The zero-order chi connectivity index (χ0) is 13.9. The summed E-state index contributed by atoms with van der Waals surface area (Å²) in [5.74, 6) is -0.343. The second-order valence-corrected chi connectivity index (χ2v) is 4.94. The van der Waals surface area contributed by atoms with E-state index in [-0.39, 0.29) is 17.2 Å². The number of hydrogen-bond donors (Lipinski definition) is 2. The maximum Gasteiger partial charge on any atom is 0.253 e. The van der Waals surface area contributed by atoms with Gasteiger partial charge in [-0.2, -0.15) is 0 Å². The summed E-state index contributed by atoms with van der Waals surface area (Å²) < 4.78 is 10.7. The lowest BCUT2D eigenvalue weighted by molar-refractivity contribution is -0.0148. The van der Waals surface area contributed by atoms with Crippen molar-refractivity contribution in [2.75, 3.05) is 26.9 Å². The zero-order valence-corrected chi connectivity index (χ0v) is 11.4. The third-order valence-electron chi connectivity index (χ3n) is 3.27. The molecule has 1 aromatic carbocycles. The predicted molar refractivity (Wildman–Crippen MR) is 70.6 cm³/mol. The Hall–Kier alpha value is -1.30. The van der Waals surface area contributed by atoms with Gasteiger partial charge in [0.2, 0.25) is 0 Å². The lowest BCUT2D eigenvalue weighted by Crippen LogP contribution is -2.45. The molecule has 0 radical (unpaired) electrons. The van der Waals surface area contributed by atoms with Gasteiger partial charge in [0.15, 0.2) is 0 Å². The lowest BCUT2D eigenvalue weighted by Gasteiger charge is -2.25. The van der Waals surface area contributed by atoms with Gasteiger partial charge in [-0.25, -0.2) is 0 Å². The standard InChI is InChI=1S/C13H16ClNO4/c1-18-13(4-5-19-8-13)7-15-12(17)10-6-9(16)2-3-11(10)14/h2-3,6,16H,4-5,7-8H2,1H3,(H,15,17). The molecule has 1 aliphatic heterocycles. The van der Waals surface area contributed by atoms with Crippen molar-refractivity contribution in [1.82, 2.24) is 5.32 Å². The highest BCUT2D eigenvalue weighted by molar-refractivity contribution is 6.33. The molecule has 0 saturated carbocycles. The Labute approximate surface area is 116 Å². The minimum atomic E-state index is -0.473. The molecular weight excluding hydrogens is 270 g/mol. The van der Waals surface area contributed by atoms with E-state index in [0.29, 0.717) is 24.8 Å². The van der Waals surface area contributed by atoms with Crippen molar-refractivity contribution in [3.05, 3.63) is 28.8 Å². The van der Waals surface area contributed by atoms with E-state index >= 15 is 0 Å². The maximum atomic E-state index is 12.0. The third-order valence-corrected chi connectivity index (χ3v) is 3.60. The number of methoxy groups -OCH3 is 1. The Morgan fingerprint density at radius 1 is 1.63 bits per heavy atom. The molecule has 5 nitrogen and oxygen atoms in total. The van der Waals surface area contributed by atoms with Crippen LogP contribution in [0.2, 0.25) is 5.02 Å². The first-order valence-electron chi connectivity index (χ1n) is 5.96. The molecule has 2 N–H and O–H groups in total. The second kappa shape index (κ2) is 5.77. The molecule has 1 heterocycles.